The van der Waals surface area contributed by atoms with E-state index in [0.29, 0.717) is 27.9 Å². The van der Waals surface area contributed by atoms with E-state index in [1.807, 2.05) is 0 Å². The first-order chi connectivity index (χ1) is 9.08. The summed E-state index contributed by atoms with van der Waals surface area (Å²) in [7, 11) is 0. The first kappa shape index (κ1) is 14.4. The van der Waals surface area contributed by atoms with Gasteiger partial charge >= 0.3 is 0 Å². The lowest BCUT2D eigenvalue weighted by Crippen LogP contribution is -2.48. The van der Waals surface area contributed by atoms with Gasteiger partial charge < -0.3 is 5.32 Å². The second kappa shape index (κ2) is 5.94. The smallest absolute Gasteiger partial charge is 0.254 e. The van der Waals surface area contributed by atoms with Crippen LogP contribution in [0.15, 0.2) is 22.7 Å². The van der Waals surface area contributed by atoms with Crippen LogP contribution in [0.3, 0.4) is 0 Å². The maximum absolute atomic E-state index is 12.3. The van der Waals surface area contributed by atoms with Gasteiger partial charge in [0.2, 0.25) is 0 Å². The number of nitrogens with one attached hydrogen (secondary N) is 1. The van der Waals surface area contributed by atoms with Gasteiger partial charge in [-0.25, -0.2) is 0 Å². The van der Waals surface area contributed by atoms with Gasteiger partial charge in [-0.15, -0.1) is 0 Å². The molecule has 0 atom stereocenters. The van der Waals surface area contributed by atoms with E-state index < -0.39 is 5.54 Å². The van der Waals surface area contributed by atoms with Gasteiger partial charge in [0, 0.05) is 4.47 Å². The normalized spacial score (nSPS) is 17.5. The number of hydrogen-bond donors (Lipinski definition) is 1. The molecule has 19 heavy (non-hydrogen) atoms. The van der Waals surface area contributed by atoms with Gasteiger partial charge in [0.15, 0.2) is 0 Å². The fourth-order valence-electron chi connectivity index (χ4n) is 2.38. The van der Waals surface area contributed by atoms with Gasteiger partial charge in [-0.05, 0) is 40.9 Å². The van der Waals surface area contributed by atoms with Crippen molar-refractivity contribution in [2.45, 2.75) is 37.6 Å². The van der Waals surface area contributed by atoms with E-state index in [9.17, 15) is 10.1 Å². The summed E-state index contributed by atoms with van der Waals surface area (Å²) in [5.41, 5.74) is -0.336. The molecule has 1 aromatic carbocycles. The minimum absolute atomic E-state index is 0.283. The van der Waals surface area contributed by atoms with Crippen molar-refractivity contribution in [2.24, 2.45) is 0 Å². The van der Waals surface area contributed by atoms with Gasteiger partial charge in [-0.3, -0.25) is 4.79 Å². The van der Waals surface area contributed by atoms with Crippen molar-refractivity contribution >= 4 is 33.4 Å². The summed E-state index contributed by atoms with van der Waals surface area (Å²) in [6.07, 6.45) is 4.48. The maximum atomic E-state index is 12.3. The maximum Gasteiger partial charge on any atom is 0.254 e. The summed E-state index contributed by atoms with van der Waals surface area (Å²) < 4.78 is 0.677. The van der Waals surface area contributed by atoms with Gasteiger partial charge in [-0.2, -0.15) is 5.26 Å². The van der Waals surface area contributed by atoms with E-state index in [4.69, 9.17) is 11.6 Å². The largest absolute Gasteiger partial charge is 0.334 e. The molecule has 1 N–H and O–H groups in total. The number of rotatable bonds is 2. The molecule has 1 aromatic rings. The van der Waals surface area contributed by atoms with Crippen LogP contribution >= 0.6 is 27.5 Å². The van der Waals surface area contributed by atoms with E-state index in [2.05, 4.69) is 27.3 Å². The lowest BCUT2D eigenvalue weighted by molar-refractivity contribution is 0.0903. The van der Waals surface area contributed by atoms with E-state index in [1.165, 1.54) is 0 Å². The molecule has 1 amide bonds. The van der Waals surface area contributed by atoms with Crippen molar-refractivity contribution in [1.29, 1.82) is 5.26 Å². The summed E-state index contributed by atoms with van der Waals surface area (Å²) in [4.78, 5) is 12.3. The summed E-state index contributed by atoms with van der Waals surface area (Å²) in [5.74, 6) is -0.283. The average Bonchev–Trinajstić information content (AvgIpc) is 2.42. The van der Waals surface area contributed by atoms with Crippen LogP contribution in [0.25, 0.3) is 0 Å². The lowest BCUT2D eigenvalue weighted by atomic mass is 9.82. The molecule has 5 heteroatoms. The summed E-state index contributed by atoms with van der Waals surface area (Å²) in [6.45, 7) is 0. The standard InChI is InChI=1S/C14H14BrClN2O/c15-11-6-4-5-10(12(11)16)13(19)18-14(9-17)7-2-1-3-8-14/h4-6H,1-3,7-8H2,(H,18,19). The monoisotopic (exact) mass is 340 g/mol. The highest BCUT2D eigenvalue weighted by Gasteiger charge is 2.34. The fraction of sp³-hybridized carbons (Fsp3) is 0.429. The van der Waals surface area contributed by atoms with Crippen molar-refractivity contribution in [3.63, 3.8) is 0 Å². The van der Waals surface area contributed by atoms with Crippen molar-refractivity contribution < 1.29 is 4.79 Å². The zero-order valence-corrected chi connectivity index (χ0v) is 12.7. The van der Waals surface area contributed by atoms with Crippen molar-refractivity contribution in [3.8, 4) is 6.07 Å². The number of carbonyl (C=O) groups excluding carboxylic acids is 1. The Kier molecular flexibility index (Phi) is 4.49. The Morgan fingerprint density at radius 2 is 2.05 bits per heavy atom. The second-order valence-corrected chi connectivity index (χ2v) is 6.04. The number of hydrogen-bond acceptors (Lipinski definition) is 2. The molecule has 0 spiro atoms. The summed E-state index contributed by atoms with van der Waals surface area (Å²) in [5, 5.41) is 12.6. The fourth-order valence-corrected chi connectivity index (χ4v) is 2.96. The number of benzene rings is 1. The quantitative estimate of drug-likeness (QED) is 0.882. The zero-order chi connectivity index (χ0) is 13.9. The van der Waals surface area contributed by atoms with Crippen LogP contribution in [-0.4, -0.2) is 11.4 Å². The molecule has 1 fully saturated rings. The molecule has 100 valence electrons. The molecule has 1 saturated carbocycles. The molecule has 0 aliphatic heterocycles. The van der Waals surface area contributed by atoms with E-state index >= 15 is 0 Å². The highest BCUT2D eigenvalue weighted by Crippen LogP contribution is 2.30. The van der Waals surface area contributed by atoms with Crippen LogP contribution in [0.1, 0.15) is 42.5 Å². The Hall–Kier alpha value is -1.05. The number of carbonyl (C=O) groups is 1. The average molecular weight is 342 g/mol. The van der Waals surface area contributed by atoms with Gasteiger partial charge in [0.25, 0.3) is 5.91 Å². The first-order valence-corrected chi connectivity index (χ1v) is 7.43. The number of nitrogens with zero attached hydrogens (tertiary/aromatic N) is 1. The lowest BCUT2D eigenvalue weighted by Gasteiger charge is -2.31. The van der Waals surface area contributed by atoms with Crippen LogP contribution < -0.4 is 5.32 Å². The summed E-state index contributed by atoms with van der Waals surface area (Å²) in [6, 6.07) is 7.46. The van der Waals surface area contributed by atoms with Crippen molar-refractivity contribution in [2.75, 3.05) is 0 Å². The molecule has 3 nitrogen and oxygen atoms in total. The Bertz CT molecular complexity index is 533. The third-order valence-electron chi connectivity index (χ3n) is 3.47. The predicted octanol–water partition coefficient (Wildman–Crippen LogP) is 4.06. The minimum Gasteiger partial charge on any atom is -0.334 e. The Morgan fingerprint density at radius 3 is 2.68 bits per heavy atom. The highest BCUT2D eigenvalue weighted by atomic mass is 79.9. The molecule has 1 aliphatic carbocycles. The molecule has 0 bridgehead atoms. The van der Waals surface area contributed by atoms with Crippen LogP contribution in [0.5, 0.6) is 0 Å². The van der Waals surface area contributed by atoms with Crippen LogP contribution in [0.4, 0.5) is 0 Å². The molecular formula is C14H14BrClN2O. The second-order valence-electron chi connectivity index (χ2n) is 4.81. The van der Waals surface area contributed by atoms with E-state index in [0.717, 1.165) is 19.3 Å². The molecule has 0 saturated heterocycles. The molecular weight excluding hydrogens is 328 g/mol. The zero-order valence-electron chi connectivity index (χ0n) is 10.4. The number of halogens is 2. The summed E-state index contributed by atoms with van der Waals surface area (Å²) >= 11 is 9.40. The SMILES string of the molecule is N#CC1(NC(=O)c2cccc(Br)c2Cl)CCCCC1. The number of amides is 1. The molecule has 2 rings (SSSR count). The molecule has 0 heterocycles. The Labute approximate surface area is 126 Å². The van der Waals surface area contributed by atoms with Gasteiger partial charge in [-0.1, -0.05) is 36.9 Å². The van der Waals surface area contributed by atoms with Crippen LogP contribution in [0, 0.1) is 11.3 Å². The Balaban J connectivity index is 2.21. The molecule has 0 aromatic heterocycles. The predicted molar refractivity (Wildman–Crippen MR) is 78.0 cm³/mol. The van der Waals surface area contributed by atoms with Crippen LogP contribution in [0.2, 0.25) is 5.02 Å². The molecule has 1 aliphatic rings. The third-order valence-corrected chi connectivity index (χ3v) is 4.77. The first-order valence-electron chi connectivity index (χ1n) is 6.26. The molecule has 0 unspecified atom stereocenters. The van der Waals surface area contributed by atoms with Crippen LogP contribution in [-0.2, 0) is 0 Å². The van der Waals surface area contributed by atoms with Crippen molar-refractivity contribution in [1.82, 2.24) is 5.32 Å². The molecule has 0 radical (unpaired) electrons. The van der Waals surface area contributed by atoms with Gasteiger partial charge in [0.05, 0.1) is 16.7 Å². The highest BCUT2D eigenvalue weighted by molar-refractivity contribution is 9.10. The Morgan fingerprint density at radius 1 is 1.37 bits per heavy atom. The topological polar surface area (TPSA) is 52.9 Å². The third kappa shape index (κ3) is 3.10. The minimum atomic E-state index is -0.735. The van der Waals surface area contributed by atoms with E-state index in [-0.39, 0.29) is 5.91 Å². The van der Waals surface area contributed by atoms with Gasteiger partial charge in [0.1, 0.15) is 5.54 Å². The van der Waals surface area contributed by atoms with Crippen molar-refractivity contribution in [3.05, 3.63) is 33.3 Å². The number of nitriles is 1. The van der Waals surface area contributed by atoms with E-state index in [1.54, 1.807) is 18.2 Å².